The molecule has 12 heteroatoms. The molecule has 0 aliphatic carbocycles. The Morgan fingerprint density at radius 2 is 1.28 bits per heavy atom. The maximum absolute atomic E-state index is 15.1. The van der Waals surface area contributed by atoms with E-state index in [0.717, 1.165) is 65.5 Å². The van der Waals surface area contributed by atoms with Gasteiger partial charge in [0.05, 0.1) is 16.7 Å². The standard InChI is InChI=1S/C31H19F7N4O/c32-26-16-21(10-15-24(26)18-4-2-1-3-5-18)25(27(39)43)17-42-29(20-8-13-23(14-9-20)31(36,37)38)40-28(41-42)19-6-11-22(12-7-19)30(33,34)35/h1-17H,(H2,39,43). The maximum atomic E-state index is 15.1. The van der Waals surface area contributed by atoms with Gasteiger partial charge in [0.1, 0.15) is 5.82 Å². The van der Waals surface area contributed by atoms with Crippen LogP contribution in [0.15, 0.2) is 97.1 Å². The van der Waals surface area contributed by atoms with Crippen molar-refractivity contribution < 1.29 is 35.5 Å². The molecule has 0 radical (unpaired) electrons. The molecule has 2 N–H and O–H groups in total. The largest absolute Gasteiger partial charge is 0.416 e. The Hall–Kier alpha value is -5.26. The predicted molar refractivity (Wildman–Crippen MR) is 146 cm³/mol. The number of benzene rings is 4. The van der Waals surface area contributed by atoms with E-state index in [4.69, 9.17) is 5.73 Å². The average molecular weight is 597 g/mol. The summed E-state index contributed by atoms with van der Waals surface area (Å²) in [4.78, 5) is 16.9. The fraction of sp³-hybridized carbons (Fsp3) is 0.0645. The third kappa shape index (κ3) is 6.32. The number of alkyl halides is 6. The molecule has 0 saturated carbocycles. The van der Waals surface area contributed by atoms with E-state index in [0.29, 0.717) is 5.56 Å². The van der Waals surface area contributed by atoms with Crippen molar-refractivity contribution in [3.05, 3.63) is 120 Å². The third-order valence-corrected chi connectivity index (χ3v) is 6.45. The summed E-state index contributed by atoms with van der Waals surface area (Å²) in [6.07, 6.45) is -8.05. The van der Waals surface area contributed by atoms with Gasteiger partial charge in [0, 0.05) is 22.9 Å². The van der Waals surface area contributed by atoms with Crippen LogP contribution in [0.3, 0.4) is 0 Å². The zero-order valence-electron chi connectivity index (χ0n) is 21.8. The highest BCUT2D eigenvalue weighted by Crippen LogP contribution is 2.34. The van der Waals surface area contributed by atoms with Crippen LogP contribution < -0.4 is 5.73 Å². The molecule has 5 rings (SSSR count). The Bertz CT molecular complexity index is 1810. The molecule has 0 bridgehead atoms. The van der Waals surface area contributed by atoms with Crippen molar-refractivity contribution in [2.75, 3.05) is 0 Å². The van der Waals surface area contributed by atoms with E-state index in [1.54, 1.807) is 30.3 Å². The average Bonchev–Trinajstić information content (AvgIpc) is 3.39. The van der Waals surface area contributed by atoms with Crippen molar-refractivity contribution in [2.24, 2.45) is 5.73 Å². The number of halogens is 7. The maximum Gasteiger partial charge on any atom is 0.416 e. The van der Waals surface area contributed by atoms with Gasteiger partial charge < -0.3 is 5.73 Å². The minimum Gasteiger partial charge on any atom is -0.366 e. The van der Waals surface area contributed by atoms with Crippen LogP contribution in [0.25, 0.3) is 45.7 Å². The summed E-state index contributed by atoms with van der Waals surface area (Å²) in [6.45, 7) is 0. The number of nitrogens with zero attached hydrogens (tertiary/aromatic N) is 3. The van der Waals surface area contributed by atoms with Crippen molar-refractivity contribution in [3.8, 4) is 33.9 Å². The lowest BCUT2D eigenvalue weighted by atomic mass is 9.99. The van der Waals surface area contributed by atoms with Crippen LogP contribution in [0, 0.1) is 5.82 Å². The quantitative estimate of drug-likeness (QED) is 0.160. The van der Waals surface area contributed by atoms with Crippen LogP contribution in [-0.2, 0) is 17.1 Å². The fourth-order valence-electron chi connectivity index (χ4n) is 4.29. The molecular weight excluding hydrogens is 577 g/mol. The molecular formula is C31H19F7N4O. The number of carbonyl (C=O) groups excluding carboxylic acids is 1. The molecule has 0 aliphatic heterocycles. The molecule has 0 aliphatic rings. The van der Waals surface area contributed by atoms with E-state index in [-0.39, 0.29) is 39.5 Å². The van der Waals surface area contributed by atoms with E-state index < -0.39 is 35.2 Å². The number of rotatable bonds is 6. The SMILES string of the molecule is NC(=O)C(=Cn1nc(-c2ccc(C(F)(F)F)cc2)nc1-c1ccc(C(F)(F)F)cc1)c1ccc(-c2ccccc2)c(F)c1. The molecule has 1 heterocycles. The predicted octanol–water partition coefficient (Wildman–Crippen LogP) is 7.94. The van der Waals surface area contributed by atoms with E-state index in [1.807, 2.05) is 0 Å². The van der Waals surface area contributed by atoms with Crippen LogP contribution in [0.5, 0.6) is 0 Å². The van der Waals surface area contributed by atoms with Gasteiger partial charge in [-0.15, -0.1) is 5.10 Å². The van der Waals surface area contributed by atoms with Gasteiger partial charge >= 0.3 is 12.4 Å². The number of hydrogen-bond donors (Lipinski definition) is 1. The first-order valence-corrected chi connectivity index (χ1v) is 12.5. The normalized spacial score (nSPS) is 12.4. The van der Waals surface area contributed by atoms with Crippen molar-refractivity contribution in [2.45, 2.75) is 12.4 Å². The summed E-state index contributed by atoms with van der Waals surface area (Å²) in [6, 6.07) is 20.5. The molecule has 43 heavy (non-hydrogen) atoms. The number of amides is 1. The van der Waals surface area contributed by atoms with Gasteiger partial charge in [-0.3, -0.25) is 4.79 Å². The molecule has 0 saturated heterocycles. The second-order valence-electron chi connectivity index (χ2n) is 9.32. The first kappa shape index (κ1) is 29.2. The van der Waals surface area contributed by atoms with Gasteiger partial charge in [0.2, 0.25) is 0 Å². The Labute approximate surface area is 239 Å². The molecule has 1 amide bonds. The molecule has 4 aromatic carbocycles. The van der Waals surface area contributed by atoms with Crippen molar-refractivity contribution in [1.82, 2.24) is 14.8 Å². The van der Waals surface area contributed by atoms with Gasteiger partial charge in [-0.25, -0.2) is 14.1 Å². The molecule has 5 nitrogen and oxygen atoms in total. The lowest BCUT2D eigenvalue weighted by Gasteiger charge is -2.10. The van der Waals surface area contributed by atoms with E-state index in [2.05, 4.69) is 10.1 Å². The van der Waals surface area contributed by atoms with Gasteiger partial charge in [-0.1, -0.05) is 66.7 Å². The second kappa shape index (κ2) is 11.2. The first-order chi connectivity index (χ1) is 20.3. The number of aromatic nitrogens is 3. The molecule has 0 spiro atoms. The smallest absolute Gasteiger partial charge is 0.366 e. The van der Waals surface area contributed by atoms with Gasteiger partial charge in [0.25, 0.3) is 5.91 Å². The van der Waals surface area contributed by atoms with Crippen LogP contribution >= 0.6 is 0 Å². The molecule has 1 aromatic heterocycles. The lowest BCUT2D eigenvalue weighted by Crippen LogP contribution is -2.14. The van der Waals surface area contributed by atoms with E-state index >= 15 is 4.39 Å². The number of hydrogen-bond acceptors (Lipinski definition) is 3. The topological polar surface area (TPSA) is 73.8 Å². The minimum absolute atomic E-state index is 0.0521. The number of carbonyl (C=O) groups is 1. The van der Waals surface area contributed by atoms with Gasteiger partial charge in [-0.2, -0.15) is 26.3 Å². The zero-order chi connectivity index (χ0) is 30.9. The summed E-state index contributed by atoms with van der Waals surface area (Å²) in [7, 11) is 0. The second-order valence-corrected chi connectivity index (χ2v) is 9.32. The lowest BCUT2D eigenvalue weighted by molar-refractivity contribution is -0.138. The van der Waals surface area contributed by atoms with Gasteiger partial charge in [-0.05, 0) is 41.5 Å². The third-order valence-electron chi connectivity index (χ3n) is 6.45. The van der Waals surface area contributed by atoms with E-state index in [9.17, 15) is 31.1 Å². The summed E-state index contributed by atoms with van der Waals surface area (Å²) in [5.74, 6) is -1.77. The summed E-state index contributed by atoms with van der Waals surface area (Å²) < 4.78 is 94.8. The van der Waals surface area contributed by atoms with E-state index in [1.165, 1.54) is 12.1 Å². The zero-order valence-corrected chi connectivity index (χ0v) is 21.8. The summed E-state index contributed by atoms with van der Waals surface area (Å²) in [5, 5.41) is 4.28. The van der Waals surface area contributed by atoms with Crippen molar-refractivity contribution in [3.63, 3.8) is 0 Å². The number of primary amides is 1. The Morgan fingerprint density at radius 3 is 1.79 bits per heavy atom. The highest BCUT2D eigenvalue weighted by Gasteiger charge is 2.31. The molecule has 0 atom stereocenters. The summed E-state index contributed by atoms with van der Waals surface area (Å²) in [5.41, 5.74) is 4.83. The van der Waals surface area contributed by atoms with Gasteiger partial charge in [0.15, 0.2) is 11.6 Å². The van der Waals surface area contributed by atoms with Crippen LogP contribution in [0.4, 0.5) is 30.7 Å². The van der Waals surface area contributed by atoms with Crippen molar-refractivity contribution in [1.29, 1.82) is 0 Å². The monoisotopic (exact) mass is 596 g/mol. The van der Waals surface area contributed by atoms with Crippen LogP contribution in [0.1, 0.15) is 16.7 Å². The Kier molecular flexibility index (Phi) is 7.61. The molecule has 0 unspecified atom stereocenters. The highest BCUT2D eigenvalue weighted by molar-refractivity contribution is 6.22. The Morgan fingerprint density at radius 1 is 0.721 bits per heavy atom. The first-order valence-electron chi connectivity index (χ1n) is 12.5. The Balaban J connectivity index is 1.62. The minimum atomic E-state index is -4.60. The molecule has 218 valence electrons. The highest BCUT2D eigenvalue weighted by atomic mass is 19.4. The van der Waals surface area contributed by atoms with Crippen LogP contribution in [-0.4, -0.2) is 20.7 Å². The van der Waals surface area contributed by atoms with Crippen molar-refractivity contribution >= 4 is 17.7 Å². The van der Waals surface area contributed by atoms with Crippen LogP contribution in [0.2, 0.25) is 0 Å². The molecule has 0 fully saturated rings. The molecule has 5 aromatic rings. The fourth-order valence-corrected chi connectivity index (χ4v) is 4.29. The summed E-state index contributed by atoms with van der Waals surface area (Å²) >= 11 is 0. The number of nitrogens with two attached hydrogens (primary N) is 1.